The fourth-order valence-corrected chi connectivity index (χ4v) is 1.33. The van der Waals surface area contributed by atoms with E-state index in [1.807, 2.05) is 19.1 Å². The predicted molar refractivity (Wildman–Crippen MR) is 46.2 cm³/mol. The average Bonchev–Trinajstić information content (AvgIpc) is 2.00. The molecule has 1 aliphatic rings. The lowest BCUT2D eigenvalue weighted by atomic mass is 9.73. The number of hydrogen-bond acceptors (Lipinski definition) is 1. The van der Waals surface area contributed by atoms with Gasteiger partial charge in [-0.15, -0.1) is 0 Å². The van der Waals surface area contributed by atoms with Crippen LogP contribution in [-0.4, -0.2) is 6.29 Å². The van der Waals surface area contributed by atoms with E-state index < -0.39 is 0 Å². The smallest absolute Gasteiger partial charge is 0.130 e. The van der Waals surface area contributed by atoms with Crippen LogP contribution in [0.2, 0.25) is 0 Å². The van der Waals surface area contributed by atoms with Crippen LogP contribution < -0.4 is 0 Å². The maximum atomic E-state index is 10.8. The summed E-state index contributed by atoms with van der Waals surface area (Å²) >= 11 is 0. The van der Waals surface area contributed by atoms with Gasteiger partial charge in [0.15, 0.2) is 0 Å². The molecule has 1 nitrogen and oxygen atoms in total. The highest BCUT2D eigenvalue weighted by Crippen LogP contribution is 2.34. The number of aldehydes is 1. The number of allylic oxidation sites excluding steroid dienone is 4. The van der Waals surface area contributed by atoms with E-state index >= 15 is 0 Å². The van der Waals surface area contributed by atoms with E-state index in [1.165, 1.54) is 5.57 Å². The molecule has 0 aromatic heterocycles. The minimum absolute atomic E-state index is 0.279. The zero-order valence-electron chi connectivity index (χ0n) is 7.29. The zero-order chi connectivity index (χ0) is 8.48. The van der Waals surface area contributed by atoms with Crippen molar-refractivity contribution in [2.24, 2.45) is 11.3 Å². The van der Waals surface area contributed by atoms with Crippen molar-refractivity contribution in [3.63, 3.8) is 0 Å². The third-order valence-corrected chi connectivity index (χ3v) is 2.68. The van der Waals surface area contributed by atoms with Crippen molar-refractivity contribution >= 4 is 6.29 Å². The Balaban J connectivity index is 2.97. The van der Waals surface area contributed by atoms with Crippen molar-refractivity contribution in [2.75, 3.05) is 0 Å². The Morgan fingerprint density at radius 3 is 2.73 bits per heavy atom. The van der Waals surface area contributed by atoms with E-state index in [-0.39, 0.29) is 5.41 Å². The van der Waals surface area contributed by atoms with Gasteiger partial charge in [-0.25, -0.2) is 0 Å². The third-order valence-electron chi connectivity index (χ3n) is 2.68. The third kappa shape index (κ3) is 1.28. The maximum Gasteiger partial charge on any atom is 0.130 e. The van der Waals surface area contributed by atoms with Crippen molar-refractivity contribution in [2.45, 2.75) is 20.8 Å². The van der Waals surface area contributed by atoms with Gasteiger partial charge in [-0.2, -0.15) is 0 Å². The van der Waals surface area contributed by atoms with Crippen molar-refractivity contribution in [3.05, 3.63) is 23.8 Å². The Hall–Kier alpha value is -0.850. The highest BCUT2D eigenvalue weighted by Gasteiger charge is 2.30. The summed E-state index contributed by atoms with van der Waals surface area (Å²) in [5.41, 5.74) is 1.00. The van der Waals surface area contributed by atoms with Gasteiger partial charge < -0.3 is 4.79 Å². The molecule has 0 amide bonds. The minimum atomic E-state index is -0.279. The fraction of sp³-hybridized carbons (Fsp3) is 0.500. The quantitative estimate of drug-likeness (QED) is 0.524. The largest absolute Gasteiger partial charge is 0.302 e. The molecular formula is C10H14O. The molecule has 1 aliphatic carbocycles. The highest BCUT2D eigenvalue weighted by atomic mass is 16.1. The summed E-state index contributed by atoms with van der Waals surface area (Å²) < 4.78 is 0. The molecular weight excluding hydrogens is 136 g/mol. The molecule has 0 radical (unpaired) electrons. The van der Waals surface area contributed by atoms with Gasteiger partial charge in [0.25, 0.3) is 0 Å². The molecule has 0 heterocycles. The van der Waals surface area contributed by atoms with Gasteiger partial charge in [0.2, 0.25) is 0 Å². The summed E-state index contributed by atoms with van der Waals surface area (Å²) in [5, 5.41) is 0. The minimum Gasteiger partial charge on any atom is -0.302 e. The van der Waals surface area contributed by atoms with Crippen LogP contribution in [0.3, 0.4) is 0 Å². The van der Waals surface area contributed by atoms with E-state index in [9.17, 15) is 4.79 Å². The Labute approximate surface area is 67.8 Å². The topological polar surface area (TPSA) is 17.1 Å². The van der Waals surface area contributed by atoms with Crippen molar-refractivity contribution in [1.82, 2.24) is 0 Å². The van der Waals surface area contributed by atoms with E-state index in [0.717, 1.165) is 6.29 Å². The van der Waals surface area contributed by atoms with Crippen molar-refractivity contribution < 1.29 is 4.79 Å². The van der Waals surface area contributed by atoms with E-state index in [4.69, 9.17) is 0 Å². The summed E-state index contributed by atoms with van der Waals surface area (Å²) in [7, 11) is 0. The highest BCUT2D eigenvalue weighted by molar-refractivity contribution is 5.64. The fourth-order valence-electron chi connectivity index (χ4n) is 1.33. The molecule has 0 aromatic carbocycles. The lowest BCUT2D eigenvalue weighted by Crippen LogP contribution is -2.27. The first kappa shape index (κ1) is 8.25. The normalized spacial score (nSPS) is 36.6. The van der Waals surface area contributed by atoms with Crippen LogP contribution in [0.4, 0.5) is 0 Å². The van der Waals surface area contributed by atoms with Gasteiger partial charge >= 0.3 is 0 Å². The zero-order valence-corrected chi connectivity index (χ0v) is 7.29. The molecule has 60 valence electrons. The molecule has 0 N–H and O–H groups in total. The van der Waals surface area contributed by atoms with Crippen LogP contribution in [0.15, 0.2) is 23.8 Å². The molecule has 2 atom stereocenters. The van der Waals surface area contributed by atoms with Crippen molar-refractivity contribution in [3.8, 4) is 0 Å². The van der Waals surface area contributed by atoms with Crippen molar-refractivity contribution in [1.29, 1.82) is 0 Å². The second kappa shape index (κ2) is 2.65. The summed E-state index contributed by atoms with van der Waals surface area (Å²) in [6, 6.07) is 0. The number of carbonyl (C=O) groups is 1. The van der Waals surface area contributed by atoms with Gasteiger partial charge in [0.05, 0.1) is 0 Å². The molecule has 0 saturated carbocycles. The summed E-state index contributed by atoms with van der Waals surface area (Å²) in [4.78, 5) is 10.8. The molecule has 1 heteroatoms. The van der Waals surface area contributed by atoms with Gasteiger partial charge in [-0.1, -0.05) is 30.7 Å². The van der Waals surface area contributed by atoms with Crippen LogP contribution in [0.25, 0.3) is 0 Å². The number of hydrogen-bond donors (Lipinski definition) is 0. The number of rotatable bonds is 1. The Morgan fingerprint density at radius 1 is 1.64 bits per heavy atom. The Morgan fingerprint density at radius 2 is 2.27 bits per heavy atom. The predicted octanol–water partition coefficient (Wildman–Crippen LogP) is 2.34. The standard InChI is InChI=1S/C10H14O/c1-8-5-4-6-10(3,7-11)9(8)2/h4-7,9H,1-3H3. The summed E-state index contributed by atoms with van der Waals surface area (Å²) in [6.45, 7) is 6.12. The SMILES string of the molecule is CC1=CC=CC(C)(C=O)C1C. The molecule has 11 heavy (non-hydrogen) atoms. The van der Waals surface area contributed by atoms with Gasteiger partial charge in [0.1, 0.15) is 6.29 Å². The lowest BCUT2D eigenvalue weighted by molar-refractivity contribution is -0.114. The molecule has 0 spiro atoms. The second-order valence-corrected chi connectivity index (χ2v) is 3.48. The van der Waals surface area contributed by atoms with Crippen LogP contribution in [-0.2, 0) is 4.79 Å². The van der Waals surface area contributed by atoms with Gasteiger partial charge in [-0.3, -0.25) is 0 Å². The summed E-state index contributed by atoms with van der Waals surface area (Å²) in [5.74, 6) is 0.338. The molecule has 0 fully saturated rings. The van der Waals surface area contributed by atoms with E-state index in [1.54, 1.807) is 0 Å². The van der Waals surface area contributed by atoms with Crippen LogP contribution in [0, 0.1) is 11.3 Å². The molecule has 1 rings (SSSR count). The first-order valence-electron chi connectivity index (χ1n) is 3.92. The average molecular weight is 150 g/mol. The van der Waals surface area contributed by atoms with E-state index in [2.05, 4.69) is 19.9 Å². The van der Waals surface area contributed by atoms with Crippen LogP contribution in [0.1, 0.15) is 20.8 Å². The molecule has 0 bridgehead atoms. The first-order valence-corrected chi connectivity index (χ1v) is 3.92. The lowest BCUT2D eigenvalue weighted by Gasteiger charge is -2.30. The molecule has 2 unspecified atom stereocenters. The first-order chi connectivity index (χ1) is 5.10. The second-order valence-electron chi connectivity index (χ2n) is 3.48. The van der Waals surface area contributed by atoms with Gasteiger partial charge in [0, 0.05) is 5.41 Å². The Bertz CT molecular complexity index is 225. The maximum absolute atomic E-state index is 10.8. The number of carbonyl (C=O) groups excluding carboxylic acids is 1. The van der Waals surface area contributed by atoms with E-state index in [0.29, 0.717) is 5.92 Å². The Kier molecular flexibility index (Phi) is 1.99. The molecule has 0 aliphatic heterocycles. The van der Waals surface area contributed by atoms with Gasteiger partial charge in [-0.05, 0) is 19.8 Å². The summed E-state index contributed by atoms with van der Waals surface area (Å²) in [6.07, 6.45) is 7.03. The van der Waals surface area contributed by atoms with Crippen LogP contribution in [0.5, 0.6) is 0 Å². The molecule has 0 aromatic rings. The molecule has 0 saturated heterocycles. The van der Waals surface area contributed by atoms with Crippen LogP contribution >= 0.6 is 0 Å². The monoisotopic (exact) mass is 150 g/mol.